The first-order valence-corrected chi connectivity index (χ1v) is 13.5. The Hall–Kier alpha value is -4.74. The quantitative estimate of drug-likeness (QED) is 0.159. The van der Waals surface area contributed by atoms with Crippen molar-refractivity contribution in [3.8, 4) is 34.4 Å². The van der Waals surface area contributed by atoms with Gasteiger partial charge in [0.2, 0.25) is 0 Å². The van der Waals surface area contributed by atoms with Gasteiger partial charge in [-0.1, -0.05) is 25.0 Å². The number of nitrogens with zero attached hydrogens (tertiary/aromatic N) is 4. The van der Waals surface area contributed by atoms with Crippen LogP contribution in [0.4, 0.5) is 4.39 Å². The molecule has 8 heteroatoms. The van der Waals surface area contributed by atoms with Crippen LogP contribution in [0.1, 0.15) is 38.4 Å². The summed E-state index contributed by atoms with van der Waals surface area (Å²) in [5, 5.41) is 8.51. The first-order valence-electron chi connectivity index (χ1n) is 13.5. The van der Waals surface area contributed by atoms with Crippen LogP contribution < -0.4 is 5.73 Å². The van der Waals surface area contributed by atoms with E-state index < -0.39 is 0 Å². The predicted octanol–water partition coefficient (Wildman–Crippen LogP) is 6.84. The highest BCUT2D eigenvalue weighted by Crippen LogP contribution is 2.34. The zero-order chi connectivity index (χ0) is 29.5. The van der Waals surface area contributed by atoms with Crippen LogP contribution in [0.25, 0.3) is 50.0 Å². The number of aromatic amines is 2. The minimum absolute atomic E-state index is 0.276. The smallest absolute Gasteiger partial charge is 0.135 e. The molecule has 1 aromatic carbocycles. The number of hydrogen-bond donors (Lipinski definition) is 3. The molecule has 0 aliphatic rings. The van der Waals surface area contributed by atoms with Gasteiger partial charge in [-0.15, -0.1) is 0 Å². The van der Waals surface area contributed by atoms with Crippen LogP contribution in [0, 0.1) is 24.6 Å². The average Bonchev–Trinajstić information content (AvgIpc) is 3.55. The van der Waals surface area contributed by atoms with Crippen LogP contribution in [-0.2, 0) is 0 Å². The highest BCUT2D eigenvalue weighted by molar-refractivity contribution is 6.00. The maximum atomic E-state index is 14.1. The number of H-pyrrole nitrogens is 2. The number of aryl methyl sites for hydroxylation is 1. The predicted molar refractivity (Wildman–Crippen MR) is 167 cm³/mol. The van der Waals surface area contributed by atoms with Crippen LogP contribution in [0.2, 0.25) is 0 Å². The molecule has 210 valence electrons. The fraction of sp³-hybridized carbons (Fsp3) is 0.242. The molecule has 0 radical (unpaired) electrons. The van der Waals surface area contributed by atoms with E-state index in [9.17, 15) is 4.39 Å². The van der Waals surface area contributed by atoms with Gasteiger partial charge < -0.3 is 15.6 Å². The van der Waals surface area contributed by atoms with E-state index in [4.69, 9.17) is 10.7 Å². The van der Waals surface area contributed by atoms with Crippen molar-refractivity contribution in [1.29, 1.82) is 0 Å². The number of nitrogens with two attached hydrogens (primary N) is 1. The zero-order valence-electron chi connectivity index (χ0n) is 24.4. The third-order valence-corrected chi connectivity index (χ3v) is 6.42. The molecule has 0 bridgehead atoms. The number of rotatable bonds is 6. The maximum Gasteiger partial charge on any atom is 0.135 e. The minimum Gasteiger partial charge on any atom is -0.392 e. The van der Waals surface area contributed by atoms with Crippen molar-refractivity contribution in [3.05, 3.63) is 83.7 Å². The van der Waals surface area contributed by atoms with Crippen LogP contribution in [0.15, 0.2) is 66.6 Å². The highest BCUT2D eigenvalue weighted by Gasteiger charge is 2.16. The van der Waals surface area contributed by atoms with Crippen molar-refractivity contribution in [2.45, 2.75) is 34.1 Å². The van der Waals surface area contributed by atoms with E-state index >= 15 is 0 Å². The van der Waals surface area contributed by atoms with Crippen LogP contribution in [0.3, 0.4) is 0 Å². The van der Waals surface area contributed by atoms with Gasteiger partial charge in [0.1, 0.15) is 17.0 Å². The molecule has 7 nitrogen and oxygen atoms in total. The first-order chi connectivity index (χ1) is 19.7. The Morgan fingerprint density at radius 1 is 1.12 bits per heavy atom. The molecule has 0 fully saturated rings. The Labute approximate surface area is 240 Å². The van der Waals surface area contributed by atoms with Crippen molar-refractivity contribution in [2.75, 3.05) is 20.6 Å². The van der Waals surface area contributed by atoms with Gasteiger partial charge in [-0.3, -0.25) is 10.1 Å². The molecule has 0 saturated carbocycles. The Bertz CT molecular complexity index is 1770. The summed E-state index contributed by atoms with van der Waals surface area (Å²) >= 11 is 0. The summed E-state index contributed by atoms with van der Waals surface area (Å²) in [5.74, 6) is 5.39. The number of fused-ring (bicyclic) bond motifs is 2. The molecule has 5 rings (SSSR count). The monoisotopic (exact) mass is 549 g/mol. The van der Waals surface area contributed by atoms with Gasteiger partial charge in [0.25, 0.3) is 0 Å². The molecule has 4 aromatic heterocycles. The standard InChI is InChI=1S/C28H23FN6.C5H13N/c1-4-6-20(30)12-17(5-2)23-7-8-24-27(33-23)28(35-34-24)25-13-21-22(14-31-15-26(21)32-25)18-9-16(3)10-19(29)11-18;1-4-5-6(2)3/h5,7-15,32H,30H2,1-3H3,(H,34,35);4-5H2,1-3H3/b17-5+,20-12+;. The number of allylic oxidation sites excluding steroid dienone is 4. The molecule has 0 aliphatic carbocycles. The van der Waals surface area contributed by atoms with Gasteiger partial charge in [0, 0.05) is 17.1 Å². The lowest BCUT2D eigenvalue weighted by Crippen LogP contribution is -2.11. The SMILES string of the molecule is CC#C/C(N)=C\C(=C/C)c1ccc2[nH]nc(-c3cc4c(-c5cc(C)cc(F)c5)cncc4[nH]3)c2n1.CCCN(C)C. The molecular weight excluding hydrogens is 513 g/mol. The highest BCUT2D eigenvalue weighted by atomic mass is 19.1. The summed E-state index contributed by atoms with van der Waals surface area (Å²) in [6, 6.07) is 10.8. The molecule has 0 aliphatic heterocycles. The summed E-state index contributed by atoms with van der Waals surface area (Å²) in [7, 11) is 4.17. The molecule has 0 atom stereocenters. The van der Waals surface area contributed by atoms with Gasteiger partial charge in [-0.2, -0.15) is 5.10 Å². The fourth-order valence-corrected chi connectivity index (χ4v) is 4.65. The van der Waals surface area contributed by atoms with Gasteiger partial charge in [0.15, 0.2) is 0 Å². The number of aromatic nitrogens is 5. The molecule has 41 heavy (non-hydrogen) atoms. The van der Waals surface area contributed by atoms with Crippen molar-refractivity contribution in [3.63, 3.8) is 0 Å². The number of nitrogens with one attached hydrogen (secondary N) is 2. The molecule has 0 spiro atoms. The van der Waals surface area contributed by atoms with Gasteiger partial charge >= 0.3 is 0 Å². The van der Waals surface area contributed by atoms with Crippen molar-refractivity contribution in [2.24, 2.45) is 5.73 Å². The average molecular weight is 550 g/mol. The van der Waals surface area contributed by atoms with E-state index in [2.05, 4.69) is 57.9 Å². The van der Waals surface area contributed by atoms with Gasteiger partial charge in [0.05, 0.1) is 34.3 Å². The molecule has 4 heterocycles. The third kappa shape index (κ3) is 6.89. The largest absolute Gasteiger partial charge is 0.392 e. The minimum atomic E-state index is -0.276. The fourth-order valence-electron chi connectivity index (χ4n) is 4.65. The Morgan fingerprint density at radius 3 is 2.59 bits per heavy atom. The first kappa shape index (κ1) is 29.2. The van der Waals surface area contributed by atoms with Gasteiger partial charge in [-0.25, -0.2) is 9.37 Å². The second-order valence-electron chi connectivity index (χ2n) is 10.0. The van der Waals surface area contributed by atoms with Crippen LogP contribution >= 0.6 is 0 Å². The second kappa shape index (κ2) is 13.1. The third-order valence-electron chi connectivity index (χ3n) is 6.42. The second-order valence-corrected chi connectivity index (χ2v) is 10.0. The Morgan fingerprint density at radius 2 is 1.93 bits per heavy atom. The zero-order valence-corrected chi connectivity index (χ0v) is 24.4. The van der Waals surface area contributed by atoms with E-state index in [0.717, 1.165) is 55.6 Å². The van der Waals surface area contributed by atoms with E-state index in [1.165, 1.54) is 25.1 Å². The number of halogens is 1. The molecule has 0 unspecified atom stereocenters. The lowest BCUT2D eigenvalue weighted by molar-refractivity contribution is 0.408. The molecular formula is C33H36FN7. The van der Waals surface area contributed by atoms with Crippen molar-refractivity contribution < 1.29 is 4.39 Å². The van der Waals surface area contributed by atoms with Crippen molar-refractivity contribution in [1.82, 2.24) is 30.0 Å². The molecule has 4 N–H and O–H groups in total. The lowest BCUT2D eigenvalue weighted by atomic mass is 10.0. The number of benzene rings is 1. The summed E-state index contributed by atoms with van der Waals surface area (Å²) in [6.07, 6.45) is 8.52. The topological polar surface area (TPSA) is 99.5 Å². The van der Waals surface area contributed by atoms with Crippen molar-refractivity contribution >= 4 is 27.5 Å². The van der Waals surface area contributed by atoms with E-state index in [1.54, 1.807) is 19.3 Å². The molecule has 5 aromatic rings. The summed E-state index contributed by atoms with van der Waals surface area (Å²) in [6.45, 7) is 8.94. The maximum absolute atomic E-state index is 14.1. The Balaban J connectivity index is 0.000000585. The van der Waals surface area contributed by atoms with Gasteiger partial charge in [-0.05, 0) is 107 Å². The van der Waals surface area contributed by atoms with E-state index in [0.29, 0.717) is 11.4 Å². The Kier molecular flexibility index (Phi) is 9.33. The number of pyridine rings is 2. The van der Waals surface area contributed by atoms with Crippen LogP contribution in [-0.4, -0.2) is 50.7 Å². The van der Waals surface area contributed by atoms with E-state index in [-0.39, 0.29) is 5.82 Å². The molecule has 0 amide bonds. The summed E-state index contributed by atoms with van der Waals surface area (Å²) in [4.78, 5) is 14.8. The summed E-state index contributed by atoms with van der Waals surface area (Å²) < 4.78 is 14.1. The van der Waals surface area contributed by atoms with E-state index in [1.807, 2.05) is 50.3 Å². The molecule has 0 saturated heterocycles. The normalized spacial score (nSPS) is 11.9. The summed E-state index contributed by atoms with van der Waals surface area (Å²) in [5.41, 5.74) is 14.4. The number of hydrogen-bond acceptors (Lipinski definition) is 5. The lowest BCUT2D eigenvalue weighted by Gasteiger charge is -2.05. The van der Waals surface area contributed by atoms with Crippen LogP contribution in [0.5, 0.6) is 0 Å².